The van der Waals surface area contributed by atoms with E-state index >= 15 is 0 Å². The maximum Gasteiger partial charge on any atom is 0.223 e. The van der Waals surface area contributed by atoms with E-state index in [-0.39, 0.29) is 17.7 Å². The zero-order valence-electron chi connectivity index (χ0n) is 13.0. The molecule has 1 atom stereocenters. The summed E-state index contributed by atoms with van der Waals surface area (Å²) in [7, 11) is 0. The van der Waals surface area contributed by atoms with Crippen LogP contribution in [0.15, 0.2) is 41.9 Å². The predicted octanol–water partition coefficient (Wildman–Crippen LogP) is 3.86. The molecular formula is C18H20N2O2S. The molecular weight excluding hydrogens is 308 g/mol. The molecule has 0 saturated carbocycles. The van der Waals surface area contributed by atoms with E-state index in [0.717, 1.165) is 30.0 Å². The van der Waals surface area contributed by atoms with Crippen molar-refractivity contribution in [3.05, 3.63) is 52.5 Å². The van der Waals surface area contributed by atoms with Crippen LogP contribution in [0.25, 0.3) is 0 Å². The Morgan fingerprint density at radius 3 is 2.78 bits per heavy atom. The van der Waals surface area contributed by atoms with Crippen molar-refractivity contribution >= 4 is 23.0 Å². The van der Waals surface area contributed by atoms with Crippen LogP contribution in [-0.4, -0.2) is 28.1 Å². The second-order valence-electron chi connectivity index (χ2n) is 5.76. The van der Waals surface area contributed by atoms with Gasteiger partial charge in [-0.15, -0.1) is 11.3 Å². The quantitative estimate of drug-likeness (QED) is 0.757. The van der Waals surface area contributed by atoms with Crippen molar-refractivity contribution in [2.75, 3.05) is 6.54 Å². The number of thiazole rings is 1. The highest BCUT2D eigenvalue weighted by molar-refractivity contribution is 7.09. The highest BCUT2D eigenvalue weighted by Gasteiger charge is 2.31. The average Bonchev–Trinajstić information content (AvgIpc) is 3.26. The molecule has 1 saturated heterocycles. The van der Waals surface area contributed by atoms with Gasteiger partial charge in [-0.1, -0.05) is 30.3 Å². The third-order valence-corrected chi connectivity index (χ3v) is 5.08. The Hall–Kier alpha value is -2.01. The predicted molar refractivity (Wildman–Crippen MR) is 90.4 cm³/mol. The van der Waals surface area contributed by atoms with Crippen LogP contribution in [0, 0.1) is 0 Å². The Morgan fingerprint density at radius 2 is 2.04 bits per heavy atom. The molecule has 120 valence electrons. The highest BCUT2D eigenvalue weighted by atomic mass is 32.1. The van der Waals surface area contributed by atoms with Crippen LogP contribution in [0.2, 0.25) is 0 Å². The number of hydrogen-bond acceptors (Lipinski definition) is 4. The third kappa shape index (κ3) is 3.85. The van der Waals surface area contributed by atoms with Crippen LogP contribution in [0.5, 0.6) is 0 Å². The lowest BCUT2D eigenvalue weighted by Crippen LogP contribution is -2.30. The molecule has 1 aliphatic heterocycles. The van der Waals surface area contributed by atoms with Gasteiger partial charge in [0.2, 0.25) is 5.91 Å². The van der Waals surface area contributed by atoms with E-state index in [1.165, 1.54) is 0 Å². The lowest BCUT2D eigenvalue weighted by atomic mass is 10.1. The van der Waals surface area contributed by atoms with E-state index < -0.39 is 0 Å². The molecule has 0 aliphatic carbocycles. The van der Waals surface area contributed by atoms with Crippen LogP contribution in [-0.2, 0) is 4.79 Å². The van der Waals surface area contributed by atoms with Crippen molar-refractivity contribution in [2.45, 2.75) is 38.1 Å². The van der Waals surface area contributed by atoms with E-state index in [1.807, 2.05) is 40.6 Å². The topological polar surface area (TPSA) is 50.3 Å². The maximum atomic E-state index is 12.5. The number of amides is 1. The van der Waals surface area contributed by atoms with Crippen molar-refractivity contribution in [1.29, 1.82) is 0 Å². The first-order chi connectivity index (χ1) is 11.3. The van der Waals surface area contributed by atoms with E-state index in [4.69, 9.17) is 0 Å². The van der Waals surface area contributed by atoms with Crippen molar-refractivity contribution < 1.29 is 9.59 Å². The molecule has 23 heavy (non-hydrogen) atoms. The lowest BCUT2D eigenvalue weighted by Gasteiger charge is -2.23. The molecule has 2 aromatic rings. The van der Waals surface area contributed by atoms with Gasteiger partial charge in [0.05, 0.1) is 6.04 Å². The first-order valence-corrected chi connectivity index (χ1v) is 8.91. The molecule has 1 amide bonds. The third-order valence-electron chi connectivity index (χ3n) is 4.20. The smallest absolute Gasteiger partial charge is 0.223 e. The first kappa shape index (κ1) is 15.9. The van der Waals surface area contributed by atoms with Crippen molar-refractivity contribution in [1.82, 2.24) is 9.88 Å². The van der Waals surface area contributed by atoms with Crippen LogP contribution in [0.3, 0.4) is 0 Å². The highest BCUT2D eigenvalue weighted by Crippen LogP contribution is 2.33. The van der Waals surface area contributed by atoms with Gasteiger partial charge in [0.15, 0.2) is 5.78 Å². The normalized spacial score (nSPS) is 17.4. The summed E-state index contributed by atoms with van der Waals surface area (Å²) in [5.41, 5.74) is 0.724. The molecule has 1 fully saturated rings. The molecule has 0 radical (unpaired) electrons. The standard InChI is InChI=1S/C18H20N2O2S/c21-16(14-6-2-1-3-7-14)9-4-10-17(22)20-12-5-8-15(20)18-19-11-13-23-18/h1-3,6-7,11,13,15H,4-5,8-10,12H2/t15-/m0/s1. The van der Waals surface area contributed by atoms with Crippen molar-refractivity contribution in [2.24, 2.45) is 0 Å². The minimum Gasteiger partial charge on any atom is -0.333 e. The number of ketones is 1. The second-order valence-corrected chi connectivity index (χ2v) is 6.68. The van der Waals surface area contributed by atoms with Gasteiger partial charge in [0, 0.05) is 36.5 Å². The summed E-state index contributed by atoms with van der Waals surface area (Å²) in [5, 5.41) is 2.98. The summed E-state index contributed by atoms with van der Waals surface area (Å²) >= 11 is 1.61. The van der Waals surface area contributed by atoms with E-state index in [2.05, 4.69) is 4.98 Å². The fourth-order valence-corrected chi connectivity index (χ4v) is 3.82. The van der Waals surface area contributed by atoms with Crippen molar-refractivity contribution in [3.8, 4) is 0 Å². The largest absolute Gasteiger partial charge is 0.333 e. The van der Waals surface area contributed by atoms with E-state index in [0.29, 0.717) is 19.3 Å². The van der Waals surface area contributed by atoms with Gasteiger partial charge >= 0.3 is 0 Å². The Morgan fingerprint density at radius 1 is 1.22 bits per heavy atom. The Bertz CT molecular complexity index is 655. The number of likely N-dealkylation sites (tertiary alicyclic amines) is 1. The Kier molecular flexibility index (Phi) is 5.18. The zero-order valence-corrected chi connectivity index (χ0v) is 13.8. The number of aromatic nitrogens is 1. The molecule has 0 N–H and O–H groups in total. The summed E-state index contributed by atoms with van der Waals surface area (Å²) in [6.07, 6.45) is 5.26. The fourth-order valence-electron chi connectivity index (χ4n) is 3.03. The molecule has 0 spiro atoms. The van der Waals surface area contributed by atoms with Gasteiger partial charge < -0.3 is 4.90 Å². The number of nitrogens with zero attached hydrogens (tertiary/aromatic N) is 2. The molecule has 3 rings (SSSR count). The van der Waals surface area contributed by atoms with Crippen LogP contribution < -0.4 is 0 Å². The van der Waals surface area contributed by atoms with Crippen LogP contribution >= 0.6 is 11.3 Å². The molecule has 1 aromatic heterocycles. The van der Waals surface area contributed by atoms with Gasteiger partial charge in [0.25, 0.3) is 0 Å². The summed E-state index contributed by atoms with van der Waals surface area (Å²) in [6.45, 7) is 0.801. The number of carbonyl (C=O) groups excluding carboxylic acids is 2. The summed E-state index contributed by atoms with van der Waals surface area (Å²) in [6, 6.07) is 9.40. The van der Waals surface area contributed by atoms with Gasteiger partial charge in [-0.2, -0.15) is 0 Å². The number of carbonyl (C=O) groups is 2. The maximum absolute atomic E-state index is 12.5. The minimum absolute atomic E-state index is 0.108. The zero-order chi connectivity index (χ0) is 16.1. The SMILES string of the molecule is O=C(CCCC(=O)N1CCC[C@H]1c1nccs1)c1ccccc1. The van der Waals surface area contributed by atoms with Crippen LogP contribution in [0.1, 0.15) is 53.5 Å². The molecule has 4 nitrogen and oxygen atoms in total. The number of benzene rings is 1. The van der Waals surface area contributed by atoms with Gasteiger partial charge in [0.1, 0.15) is 5.01 Å². The van der Waals surface area contributed by atoms with Gasteiger partial charge in [-0.3, -0.25) is 9.59 Å². The fraction of sp³-hybridized carbons (Fsp3) is 0.389. The molecule has 5 heteroatoms. The monoisotopic (exact) mass is 328 g/mol. The average molecular weight is 328 g/mol. The molecule has 0 unspecified atom stereocenters. The van der Waals surface area contributed by atoms with Gasteiger partial charge in [-0.05, 0) is 19.3 Å². The molecule has 1 aromatic carbocycles. The summed E-state index contributed by atoms with van der Waals surface area (Å²) < 4.78 is 0. The summed E-state index contributed by atoms with van der Waals surface area (Å²) in [4.78, 5) is 30.8. The lowest BCUT2D eigenvalue weighted by molar-refractivity contribution is -0.132. The van der Waals surface area contributed by atoms with Crippen molar-refractivity contribution in [3.63, 3.8) is 0 Å². The second kappa shape index (κ2) is 7.51. The molecule has 0 bridgehead atoms. The number of Topliss-reactive ketones (excluding diaryl/α,β-unsaturated/α-hetero) is 1. The Labute approximate surface area is 140 Å². The van der Waals surface area contributed by atoms with E-state index in [9.17, 15) is 9.59 Å². The molecule has 2 heterocycles. The molecule has 1 aliphatic rings. The number of hydrogen-bond donors (Lipinski definition) is 0. The van der Waals surface area contributed by atoms with Crippen LogP contribution in [0.4, 0.5) is 0 Å². The minimum atomic E-state index is 0.108. The van der Waals surface area contributed by atoms with E-state index in [1.54, 1.807) is 17.5 Å². The van der Waals surface area contributed by atoms with Gasteiger partial charge in [-0.25, -0.2) is 4.98 Å². The first-order valence-electron chi connectivity index (χ1n) is 8.03. The number of rotatable bonds is 6. The Balaban J connectivity index is 1.50. The summed E-state index contributed by atoms with van der Waals surface area (Å²) in [5.74, 6) is 0.250.